The van der Waals surface area contributed by atoms with Gasteiger partial charge in [-0.2, -0.15) is 0 Å². The van der Waals surface area contributed by atoms with Crippen molar-refractivity contribution in [3.05, 3.63) is 52.3 Å². The summed E-state index contributed by atoms with van der Waals surface area (Å²) < 4.78 is 2.02. The van der Waals surface area contributed by atoms with Gasteiger partial charge in [0.25, 0.3) is 0 Å². The molecule has 1 aromatic carbocycles. The quantitative estimate of drug-likeness (QED) is 0.662. The van der Waals surface area contributed by atoms with Crippen LogP contribution < -0.4 is 5.32 Å². The second-order valence-corrected chi connectivity index (χ2v) is 7.29. The molecule has 0 aliphatic heterocycles. The highest BCUT2D eigenvalue weighted by molar-refractivity contribution is 7.98. The Hall–Kier alpha value is -1.83. The van der Waals surface area contributed by atoms with E-state index in [1.165, 1.54) is 18.3 Å². The monoisotopic (exact) mass is 378 g/mol. The molecule has 1 N–H and O–H groups in total. The summed E-state index contributed by atoms with van der Waals surface area (Å²) in [4.78, 5) is 19.9. The molecule has 0 aliphatic rings. The number of nitrogens with one attached hydrogen (secondary N) is 1. The summed E-state index contributed by atoms with van der Waals surface area (Å²) in [6, 6.07) is 5.83. The van der Waals surface area contributed by atoms with E-state index in [4.69, 9.17) is 11.6 Å². The number of benzene rings is 1. The Labute approximate surface area is 153 Å². The number of anilines is 1. The van der Waals surface area contributed by atoms with Crippen molar-refractivity contribution in [1.82, 2.24) is 14.5 Å². The number of hydrogen-bond acceptors (Lipinski definition) is 5. The minimum absolute atomic E-state index is 0.115. The first kappa shape index (κ1) is 17.0. The van der Waals surface area contributed by atoms with Crippen molar-refractivity contribution < 1.29 is 4.79 Å². The number of aromatic nitrogens is 3. The normalized spacial score (nSPS) is 10.8. The zero-order valence-corrected chi connectivity index (χ0v) is 15.5. The third-order valence-electron chi connectivity index (χ3n) is 3.29. The second kappa shape index (κ2) is 7.38. The lowest BCUT2D eigenvalue weighted by Crippen LogP contribution is -2.05. The molecule has 124 valence electrons. The molecule has 0 saturated carbocycles. The molecule has 3 rings (SSSR count). The van der Waals surface area contributed by atoms with Crippen LogP contribution in [0.4, 0.5) is 5.13 Å². The SMILES string of the molecule is CC(=O)Nc1nc(CSc2nccn2-c2cccc(Cl)c2C)cs1. The molecule has 2 aromatic heterocycles. The second-order valence-electron chi connectivity index (χ2n) is 5.08. The maximum atomic E-state index is 11.1. The van der Waals surface area contributed by atoms with Gasteiger partial charge in [-0.15, -0.1) is 11.3 Å². The third-order valence-corrected chi connectivity index (χ3v) is 5.51. The number of nitrogens with zero attached hydrogens (tertiary/aromatic N) is 3. The molecule has 0 radical (unpaired) electrons. The van der Waals surface area contributed by atoms with Crippen LogP contribution in [0.1, 0.15) is 18.2 Å². The van der Waals surface area contributed by atoms with Crippen LogP contribution in [-0.4, -0.2) is 20.4 Å². The Morgan fingerprint density at radius 3 is 3.08 bits per heavy atom. The molecular weight excluding hydrogens is 364 g/mol. The van der Waals surface area contributed by atoms with Crippen LogP contribution in [0.25, 0.3) is 5.69 Å². The molecule has 0 fully saturated rings. The fourth-order valence-corrected chi connectivity index (χ4v) is 4.05. The van der Waals surface area contributed by atoms with Gasteiger partial charge >= 0.3 is 0 Å². The van der Waals surface area contributed by atoms with Gasteiger partial charge in [0.1, 0.15) is 0 Å². The topological polar surface area (TPSA) is 59.8 Å². The van der Waals surface area contributed by atoms with E-state index in [9.17, 15) is 4.79 Å². The lowest BCUT2D eigenvalue weighted by atomic mass is 10.2. The van der Waals surface area contributed by atoms with Crippen molar-refractivity contribution in [1.29, 1.82) is 0 Å². The Bertz CT molecular complexity index is 875. The molecule has 24 heavy (non-hydrogen) atoms. The smallest absolute Gasteiger partial charge is 0.223 e. The summed E-state index contributed by atoms with van der Waals surface area (Å²) >= 11 is 9.22. The van der Waals surface area contributed by atoms with Crippen LogP contribution in [-0.2, 0) is 10.5 Å². The average Bonchev–Trinajstić information content (AvgIpc) is 3.16. The van der Waals surface area contributed by atoms with Crippen LogP contribution in [0.3, 0.4) is 0 Å². The molecule has 5 nitrogen and oxygen atoms in total. The summed E-state index contributed by atoms with van der Waals surface area (Å²) in [5.74, 6) is 0.558. The number of imidazole rings is 1. The molecule has 0 saturated heterocycles. The first-order valence-electron chi connectivity index (χ1n) is 7.18. The zero-order chi connectivity index (χ0) is 17.1. The minimum Gasteiger partial charge on any atom is -0.302 e. The summed E-state index contributed by atoms with van der Waals surface area (Å²) in [5, 5.41) is 6.85. The van der Waals surface area contributed by atoms with Gasteiger partial charge in [0.05, 0.1) is 11.4 Å². The van der Waals surface area contributed by atoms with Gasteiger partial charge < -0.3 is 5.32 Å². The van der Waals surface area contributed by atoms with Gasteiger partial charge in [0.15, 0.2) is 10.3 Å². The molecule has 1 amide bonds. The van der Waals surface area contributed by atoms with Gasteiger partial charge in [-0.3, -0.25) is 9.36 Å². The van der Waals surface area contributed by atoms with Gasteiger partial charge in [-0.05, 0) is 24.6 Å². The number of carbonyl (C=O) groups is 1. The maximum Gasteiger partial charge on any atom is 0.223 e. The molecule has 8 heteroatoms. The van der Waals surface area contributed by atoms with E-state index in [-0.39, 0.29) is 5.91 Å². The number of hydrogen-bond donors (Lipinski definition) is 1. The number of thioether (sulfide) groups is 1. The van der Waals surface area contributed by atoms with Gasteiger partial charge in [-0.25, -0.2) is 9.97 Å². The third kappa shape index (κ3) is 3.80. The average molecular weight is 379 g/mol. The Balaban J connectivity index is 1.75. The highest BCUT2D eigenvalue weighted by Crippen LogP contribution is 2.29. The predicted octanol–water partition coefficient (Wildman–Crippen LogP) is 4.54. The fourth-order valence-electron chi connectivity index (χ4n) is 2.16. The first-order valence-corrected chi connectivity index (χ1v) is 9.42. The zero-order valence-electron chi connectivity index (χ0n) is 13.1. The molecule has 0 unspecified atom stereocenters. The Morgan fingerprint density at radius 1 is 1.46 bits per heavy atom. The molecule has 0 bridgehead atoms. The molecular formula is C16H15ClN4OS2. The summed E-state index contributed by atoms with van der Waals surface area (Å²) in [6.07, 6.45) is 3.69. The molecule has 0 aliphatic carbocycles. The van der Waals surface area contributed by atoms with Crippen molar-refractivity contribution >= 4 is 45.7 Å². The van der Waals surface area contributed by atoms with E-state index in [1.807, 2.05) is 41.3 Å². The highest BCUT2D eigenvalue weighted by Gasteiger charge is 2.11. The van der Waals surface area contributed by atoms with Crippen molar-refractivity contribution in [2.75, 3.05) is 5.32 Å². The van der Waals surface area contributed by atoms with Crippen LogP contribution >= 0.6 is 34.7 Å². The molecule has 0 spiro atoms. The van der Waals surface area contributed by atoms with Crippen molar-refractivity contribution in [2.45, 2.75) is 24.8 Å². The summed E-state index contributed by atoms with van der Waals surface area (Å²) in [6.45, 7) is 3.46. The van der Waals surface area contributed by atoms with Crippen LogP contribution in [0.2, 0.25) is 5.02 Å². The number of carbonyl (C=O) groups excluding carboxylic acids is 1. The Morgan fingerprint density at radius 2 is 2.29 bits per heavy atom. The van der Waals surface area contributed by atoms with E-state index in [0.717, 1.165) is 27.1 Å². The van der Waals surface area contributed by atoms with Gasteiger partial charge in [0.2, 0.25) is 5.91 Å². The maximum absolute atomic E-state index is 11.1. The lowest BCUT2D eigenvalue weighted by Gasteiger charge is -2.11. The number of amides is 1. The van der Waals surface area contributed by atoms with E-state index < -0.39 is 0 Å². The molecule has 0 atom stereocenters. The van der Waals surface area contributed by atoms with E-state index in [0.29, 0.717) is 10.9 Å². The predicted molar refractivity (Wildman–Crippen MR) is 99.3 cm³/mol. The number of rotatable bonds is 5. The van der Waals surface area contributed by atoms with Crippen molar-refractivity contribution in [2.24, 2.45) is 0 Å². The lowest BCUT2D eigenvalue weighted by molar-refractivity contribution is -0.114. The standard InChI is InChI=1S/C16H15ClN4OS2/c1-10-13(17)4-3-5-14(10)21-7-6-18-16(21)24-9-12-8-23-15(20-12)19-11(2)22/h3-8H,9H2,1-2H3,(H,19,20,22). The summed E-state index contributed by atoms with van der Waals surface area (Å²) in [7, 11) is 0. The van der Waals surface area contributed by atoms with Gasteiger partial charge in [-0.1, -0.05) is 29.4 Å². The van der Waals surface area contributed by atoms with Crippen molar-refractivity contribution in [3.8, 4) is 5.69 Å². The minimum atomic E-state index is -0.115. The fraction of sp³-hybridized carbons (Fsp3) is 0.188. The van der Waals surface area contributed by atoms with E-state index in [2.05, 4.69) is 15.3 Å². The van der Waals surface area contributed by atoms with Crippen LogP contribution in [0.15, 0.2) is 41.1 Å². The largest absolute Gasteiger partial charge is 0.302 e. The summed E-state index contributed by atoms with van der Waals surface area (Å²) in [5.41, 5.74) is 2.94. The van der Waals surface area contributed by atoms with Gasteiger partial charge in [0, 0.05) is 35.5 Å². The van der Waals surface area contributed by atoms with Crippen LogP contribution in [0, 0.1) is 6.92 Å². The first-order chi connectivity index (χ1) is 11.5. The number of halogens is 1. The number of thiazole rings is 1. The highest BCUT2D eigenvalue weighted by atomic mass is 35.5. The van der Waals surface area contributed by atoms with E-state index >= 15 is 0 Å². The molecule has 3 aromatic rings. The van der Waals surface area contributed by atoms with E-state index in [1.54, 1.807) is 18.0 Å². The Kier molecular flexibility index (Phi) is 5.23. The van der Waals surface area contributed by atoms with Crippen molar-refractivity contribution in [3.63, 3.8) is 0 Å². The van der Waals surface area contributed by atoms with Crippen LogP contribution in [0.5, 0.6) is 0 Å². The molecule has 2 heterocycles.